The molecule has 1 atom stereocenters. The molecule has 0 aromatic heterocycles. The molecule has 1 N–H and O–H groups in total. The Hall–Kier alpha value is -1.87. The topological polar surface area (TPSA) is 29.5 Å². The molecule has 0 amide bonds. The van der Waals surface area contributed by atoms with E-state index in [0.29, 0.717) is 19.4 Å². The monoisotopic (exact) mass is 284 g/mol. The van der Waals surface area contributed by atoms with Gasteiger partial charge < -0.3 is 9.84 Å². The predicted octanol–water partition coefficient (Wildman–Crippen LogP) is 3.33. The van der Waals surface area contributed by atoms with Crippen LogP contribution in [0.4, 0.5) is 4.39 Å². The van der Waals surface area contributed by atoms with E-state index in [1.807, 2.05) is 12.1 Å². The maximum atomic E-state index is 13.4. The highest BCUT2D eigenvalue weighted by atomic mass is 19.1. The molecular formula is C18H17FO2. The van der Waals surface area contributed by atoms with Crippen molar-refractivity contribution in [2.75, 3.05) is 6.61 Å². The van der Waals surface area contributed by atoms with Crippen LogP contribution in [0.3, 0.4) is 0 Å². The normalized spacial score (nSPS) is 23.3. The molecular weight excluding hydrogens is 267 g/mol. The van der Waals surface area contributed by atoms with E-state index >= 15 is 0 Å². The lowest BCUT2D eigenvalue weighted by molar-refractivity contribution is 0.0781. The van der Waals surface area contributed by atoms with E-state index in [1.165, 1.54) is 12.1 Å². The van der Waals surface area contributed by atoms with Gasteiger partial charge in [0.1, 0.15) is 17.2 Å². The second-order valence-electron chi connectivity index (χ2n) is 5.91. The van der Waals surface area contributed by atoms with Gasteiger partial charge in [0.2, 0.25) is 0 Å². The van der Waals surface area contributed by atoms with Gasteiger partial charge in [0.15, 0.2) is 0 Å². The fraction of sp³-hybridized carbons (Fsp3) is 0.333. The molecule has 2 nitrogen and oxygen atoms in total. The Balaban J connectivity index is 1.88. The molecule has 1 aliphatic heterocycles. The van der Waals surface area contributed by atoms with E-state index in [9.17, 15) is 9.50 Å². The number of aliphatic hydroxyl groups is 1. The van der Waals surface area contributed by atoms with E-state index in [4.69, 9.17) is 4.74 Å². The average molecular weight is 284 g/mol. The Morgan fingerprint density at radius 3 is 2.86 bits per heavy atom. The number of fused-ring (bicyclic) bond motifs is 2. The Kier molecular flexibility index (Phi) is 2.79. The van der Waals surface area contributed by atoms with Gasteiger partial charge in [-0.2, -0.15) is 0 Å². The number of aryl methyl sites for hydroxylation is 2. The Morgan fingerprint density at radius 2 is 1.95 bits per heavy atom. The molecule has 108 valence electrons. The van der Waals surface area contributed by atoms with E-state index in [-0.39, 0.29) is 5.82 Å². The summed E-state index contributed by atoms with van der Waals surface area (Å²) >= 11 is 0. The second kappa shape index (κ2) is 4.57. The van der Waals surface area contributed by atoms with Gasteiger partial charge >= 0.3 is 0 Å². The summed E-state index contributed by atoms with van der Waals surface area (Å²) < 4.78 is 19.2. The summed E-state index contributed by atoms with van der Waals surface area (Å²) in [6.45, 7) is 0.691. The summed E-state index contributed by atoms with van der Waals surface area (Å²) in [5.74, 6) is 0.577. The van der Waals surface area contributed by atoms with Gasteiger partial charge in [-0.1, -0.05) is 24.3 Å². The fourth-order valence-electron chi connectivity index (χ4n) is 3.62. The molecule has 0 saturated heterocycles. The first-order chi connectivity index (χ1) is 10.2. The van der Waals surface area contributed by atoms with Crippen molar-refractivity contribution in [3.05, 3.63) is 64.5 Å². The smallest absolute Gasteiger partial charge is 0.128 e. The van der Waals surface area contributed by atoms with Crippen LogP contribution in [0.2, 0.25) is 0 Å². The van der Waals surface area contributed by atoms with Gasteiger partial charge in [-0.25, -0.2) is 4.39 Å². The van der Waals surface area contributed by atoms with Crippen LogP contribution in [0.1, 0.15) is 35.1 Å². The zero-order valence-corrected chi connectivity index (χ0v) is 11.7. The Labute approximate surface area is 123 Å². The van der Waals surface area contributed by atoms with Crippen LogP contribution < -0.4 is 4.74 Å². The molecule has 2 aromatic carbocycles. The van der Waals surface area contributed by atoms with Gasteiger partial charge in [0.05, 0.1) is 6.61 Å². The van der Waals surface area contributed by atoms with Gasteiger partial charge in [-0.3, -0.25) is 0 Å². The highest BCUT2D eigenvalue weighted by Crippen LogP contribution is 2.47. The zero-order chi connectivity index (χ0) is 14.4. The van der Waals surface area contributed by atoms with Crippen LogP contribution >= 0.6 is 0 Å². The van der Waals surface area contributed by atoms with Gasteiger partial charge in [-0.05, 0) is 54.5 Å². The predicted molar refractivity (Wildman–Crippen MR) is 78.0 cm³/mol. The van der Waals surface area contributed by atoms with Crippen LogP contribution in [0, 0.1) is 5.82 Å². The minimum Gasteiger partial charge on any atom is -0.493 e. The summed E-state index contributed by atoms with van der Waals surface area (Å²) in [4.78, 5) is 0. The first-order valence-electron chi connectivity index (χ1n) is 7.45. The third-order valence-corrected chi connectivity index (χ3v) is 4.65. The summed E-state index contributed by atoms with van der Waals surface area (Å²) in [5.41, 5.74) is 2.62. The molecule has 3 heteroatoms. The number of ether oxygens (including phenoxy) is 1. The van der Waals surface area contributed by atoms with Crippen molar-refractivity contribution in [2.45, 2.75) is 31.3 Å². The minimum atomic E-state index is -1.06. The van der Waals surface area contributed by atoms with E-state index in [1.54, 1.807) is 6.07 Å². The van der Waals surface area contributed by atoms with Crippen molar-refractivity contribution in [3.8, 4) is 5.75 Å². The molecule has 1 aliphatic carbocycles. The van der Waals surface area contributed by atoms with Crippen LogP contribution in [0.5, 0.6) is 5.75 Å². The molecule has 1 unspecified atom stereocenters. The highest BCUT2D eigenvalue weighted by molar-refractivity contribution is 5.53. The quantitative estimate of drug-likeness (QED) is 0.870. The highest BCUT2D eigenvalue weighted by Gasteiger charge is 2.41. The summed E-state index contributed by atoms with van der Waals surface area (Å²) in [6, 6.07) is 10.6. The number of hydrogen-bond donors (Lipinski definition) is 1. The van der Waals surface area contributed by atoms with Crippen molar-refractivity contribution in [1.82, 2.24) is 0 Å². The van der Waals surface area contributed by atoms with Crippen molar-refractivity contribution in [1.29, 1.82) is 0 Å². The summed E-state index contributed by atoms with van der Waals surface area (Å²) in [7, 11) is 0. The van der Waals surface area contributed by atoms with E-state index < -0.39 is 5.60 Å². The van der Waals surface area contributed by atoms with Gasteiger partial charge in [-0.15, -0.1) is 0 Å². The summed E-state index contributed by atoms with van der Waals surface area (Å²) in [6.07, 6.45) is 3.26. The zero-order valence-electron chi connectivity index (χ0n) is 11.7. The first kappa shape index (κ1) is 12.8. The first-order valence-corrected chi connectivity index (χ1v) is 7.45. The molecule has 1 heterocycles. The number of rotatable bonds is 1. The second-order valence-corrected chi connectivity index (χ2v) is 5.91. The van der Waals surface area contributed by atoms with Crippen molar-refractivity contribution in [2.24, 2.45) is 0 Å². The third kappa shape index (κ3) is 1.88. The van der Waals surface area contributed by atoms with E-state index in [2.05, 4.69) is 6.07 Å². The molecule has 0 fully saturated rings. The minimum absolute atomic E-state index is 0.246. The maximum Gasteiger partial charge on any atom is 0.128 e. The number of hydrogen-bond acceptors (Lipinski definition) is 2. The van der Waals surface area contributed by atoms with Crippen molar-refractivity contribution in [3.63, 3.8) is 0 Å². The lowest BCUT2D eigenvalue weighted by atomic mass is 9.85. The van der Waals surface area contributed by atoms with Crippen LogP contribution in [-0.2, 0) is 18.4 Å². The van der Waals surface area contributed by atoms with Crippen LogP contribution in [-0.4, -0.2) is 11.7 Å². The summed E-state index contributed by atoms with van der Waals surface area (Å²) in [5, 5.41) is 11.3. The molecule has 4 rings (SSSR count). The Morgan fingerprint density at radius 1 is 1.05 bits per heavy atom. The molecule has 2 aromatic rings. The van der Waals surface area contributed by atoms with Crippen molar-refractivity contribution < 1.29 is 14.2 Å². The number of benzene rings is 2. The largest absolute Gasteiger partial charge is 0.493 e. The van der Waals surface area contributed by atoms with Crippen molar-refractivity contribution >= 4 is 0 Å². The van der Waals surface area contributed by atoms with E-state index in [0.717, 1.165) is 40.8 Å². The van der Waals surface area contributed by atoms with Crippen LogP contribution in [0.25, 0.3) is 0 Å². The molecule has 0 spiro atoms. The van der Waals surface area contributed by atoms with Gasteiger partial charge in [0.25, 0.3) is 0 Å². The Bertz CT molecular complexity index is 710. The molecule has 21 heavy (non-hydrogen) atoms. The average Bonchev–Trinajstić information content (AvgIpc) is 2.84. The standard InChI is InChI=1S/C18H17FO2/c19-14-6-7-15-13(11-14)8-9-18(15,20)16-5-1-3-12-4-2-10-21-17(12)16/h1,3,5-7,11,20H,2,4,8-10H2. The molecule has 2 aliphatic rings. The molecule has 0 bridgehead atoms. The number of halogens is 1. The lowest BCUT2D eigenvalue weighted by Gasteiger charge is -2.30. The lowest BCUT2D eigenvalue weighted by Crippen LogP contribution is -2.26. The fourth-order valence-corrected chi connectivity index (χ4v) is 3.62. The maximum absolute atomic E-state index is 13.4. The SMILES string of the molecule is OC1(c2cccc3c2OCCC3)CCc2cc(F)ccc21. The van der Waals surface area contributed by atoms with Gasteiger partial charge in [0, 0.05) is 5.56 Å². The van der Waals surface area contributed by atoms with Crippen LogP contribution in [0.15, 0.2) is 36.4 Å². The third-order valence-electron chi connectivity index (χ3n) is 4.65. The number of para-hydroxylation sites is 1. The molecule has 0 radical (unpaired) electrons. The molecule has 0 saturated carbocycles.